The highest BCUT2D eigenvalue weighted by atomic mass is 19.1. The molecule has 0 saturated carbocycles. The second kappa shape index (κ2) is 6.22. The van der Waals surface area contributed by atoms with Crippen molar-refractivity contribution in [3.63, 3.8) is 0 Å². The predicted octanol–water partition coefficient (Wildman–Crippen LogP) is 1.82. The molecule has 2 rings (SSSR count). The van der Waals surface area contributed by atoms with Gasteiger partial charge in [0.2, 0.25) is 0 Å². The molecule has 1 saturated heterocycles. The fourth-order valence-corrected chi connectivity index (χ4v) is 2.49. The van der Waals surface area contributed by atoms with E-state index in [1.54, 1.807) is 11.0 Å². The summed E-state index contributed by atoms with van der Waals surface area (Å²) in [6.45, 7) is 8.57. The van der Waals surface area contributed by atoms with Crippen molar-refractivity contribution in [1.29, 1.82) is 0 Å². The zero-order valence-electron chi connectivity index (χ0n) is 12.1. The van der Waals surface area contributed by atoms with Crippen LogP contribution in [0.2, 0.25) is 0 Å². The van der Waals surface area contributed by atoms with Gasteiger partial charge in [0.05, 0.1) is 5.69 Å². The van der Waals surface area contributed by atoms with Crippen LogP contribution >= 0.6 is 0 Å². The molecule has 0 bridgehead atoms. The third-order valence-electron chi connectivity index (χ3n) is 3.53. The molecule has 5 heteroatoms. The lowest BCUT2D eigenvalue weighted by Gasteiger charge is -2.35. The number of amides is 1. The van der Waals surface area contributed by atoms with Gasteiger partial charge in [-0.25, -0.2) is 4.39 Å². The number of anilines is 1. The standard InChI is InChI=1S/C15H22FN3O/c1-11(2)10-18-5-7-19(8-6-18)15(20)12-3-4-14(17)13(16)9-12/h3-4,9,11H,5-8,10,17H2,1-2H3. The summed E-state index contributed by atoms with van der Waals surface area (Å²) in [7, 11) is 0. The van der Waals surface area contributed by atoms with Crippen molar-refractivity contribution in [1.82, 2.24) is 9.80 Å². The van der Waals surface area contributed by atoms with Gasteiger partial charge in [0.1, 0.15) is 5.82 Å². The summed E-state index contributed by atoms with van der Waals surface area (Å²) in [4.78, 5) is 16.4. The van der Waals surface area contributed by atoms with Gasteiger partial charge in [0.15, 0.2) is 0 Å². The molecule has 1 aromatic carbocycles. The van der Waals surface area contributed by atoms with E-state index in [0.29, 0.717) is 24.6 Å². The number of hydrogen-bond donors (Lipinski definition) is 1. The first-order valence-corrected chi connectivity index (χ1v) is 7.04. The van der Waals surface area contributed by atoms with Crippen LogP contribution < -0.4 is 5.73 Å². The minimum atomic E-state index is -0.533. The molecule has 2 N–H and O–H groups in total. The molecule has 1 aromatic rings. The molecule has 1 aliphatic heterocycles. The quantitative estimate of drug-likeness (QED) is 0.859. The zero-order valence-corrected chi connectivity index (χ0v) is 12.1. The average molecular weight is 279 g/mol. The lowest BCUT2D eigenvalue weighted by atomic mass is 10.1. The molecule has 1 fully saturated rings. The summed E-state index contributed by atoms with van der Waals surface area (Å²) in [5, 5.41) is 0. The molecule has 0 atom stereocenters. The number of rotatable bonds is 3. The molecule has 4 nitrogen and oxygen atoms in total. The Morgan fingerprint density at radius 2 is 1.95 bits per heavy atom. The molecular weight excluding hydrogens is 257 g/mol. The monoisotopic (exact) mass is 279 g/mol. The van der Waals surface area contributed by atoms with Crippen molar-refractivity contribution in [3.05, 3.63) is 29.6 Å². The number of benzene rings is 1. The van der Waals surface area contributed by atoms with Gasteiger partial charge in [-0.1, -0.05) is 13.8 Å². The van der Waals surface area contributed by atoms with Crippen molar-refractivity contribution in [2.75, 3.05) is 38.5 Å². The van der Waals surface area contributed by atoms with Crippen LogP contribution in [-0.2, 0) is 0 Å². The van der Waals surface area contributed by atoms with E-state index in [9.17, 15) is 9.18 Å². The molecule has 1 heterocycles. The number of nitrogens with two attached hydrogens (primary N) is 1. The molecule has 0 unspecified atom stereocenters. The van der Waals surface area contributed by atoms with E-state index in [2.05, 4.69) is 18.7 Å². The van der Waals surface area contributed by atoms with Gasteiger partial charge in [0.25, 0.3) is 5.91 Å². The van der Waals surface area contributed by atoms with E-state index in [0.717, 1.165) is 19.6 Å². The van der Waals surface area contributed by atoms with Crippen LogP contribution in [-0.4, -0.2) is 48.4 Å². The summed E-state index contributed by atoms with van der Waals surface area (Å²) in [5.41, 5.74) is 5.87. The number of nitrogen functional groups attached to an aromatic ring is 1. The topological polar surface area (TPSA) is 49.6 Å². The number of piperazine rings is 1. The Kier molecular flexibility index (Phi) is 4.60. The molecule has 0 radical (unpaired) electrons. The first kappa shape index (κ1) is 14.8. The third-order valence-corrected chi connectivity index (χ3v) is 3.53. The summed E-state index contributed by atoms with van der Waals surface area (Å²) >= 11 is 0. The SMILES string of the molecule is CC(C)CN1CCN(C(=O)c2ccc(N)c(F)c2)CC1. The van der Waals surface area contributed by atoms with Gasteiger partial charge in [-0.15, -0.1) is 0 Å². The van der Waals surface area contributed by atoms with Crippen LogP contribution in [0.4, 0.5) is 10.1 Å². The van der Waals surface area contributed by atoms with Crippen LogP contribution in [0.15, 0.2) is 18.2 Å². The van der Waals surface area contributed by atoms with Gasteiger partial charge in [-0.05, 0) is 24.1 Å². The molecule has 0 spiro atoms. The summed E-state index contributed by atoms with van der Waals surface area (Å²) in [6.07, 6.45) is 0. The Bertz CT molecular complexity index is 482. The van der Waals surface area contributed by atoms with Crippen molar-refractivity contribution in [3.8, 4) is 0 Å². The van der Waals surface area contributed by atoms with Crippen LogP contribution in [0.3, 0.4) is 0 Å². The maximum Gasteiger partial charge on any atom is 0.254 e. The van der Waals surface area contributed by atoms with Gasteiger partial charge < -0.3 is 10.6 Å². The Balaban J connectivity index is 1.96. The highest BCUT2D eigenvalue weighted by Gasteiger charge is 2.22. The number of carbonyl (C=O) groups excluding carboxylic acids is 1. The van der Waals surface area contributed by atoms with Gasteiger partial charge in [-0.2, -0.15) is 0 Å². The average Bonchev–Trinajstić information content (AvgIpc) is 2.41. The van der Waals surface area contributed by atoms with Gasteiger partial charge in [-0.3, -0.25) is 9.69 Å². The minimum absolute atomic E-state index is 0.0725. The molecule has 0 aromatic heterocycles. The summed E-state index contributed by atoms with van der Waals surface area (Å²) in [6, 6.07) is 4.25. The van der Waals surface area contributed by atoms with Gasteiger partial charge >= 0.3 is 0 Å². The Morgan fingerprint density at radius 3 is 2.50 bits per heavy atom. The van der Waals surface area contributed by atoms with E-state index in [1.165, 1.54) is 12.1 Å². The molecule has 20 heavy (non-hydrogen) atoms. The van der Waals surface area contributed by atoms with Crippen molar-refractivity contribution in [2.24, 2.45) is 5.92 Å². The molecule has 0 aliphatic carbocycles. The van der Waals surface area contributed by atoms with Crippen LogP contribution in [0.1, 0.15) is 24.2 Å². The number of nitrogens with zero attached hydrogens (tertiary/aromatic N) is 2. The Labute approximate surface area is 119 Å². The highest BCUT2D eigenvalue weighted by molar-refractivity contribution is 5.94. The van der Waals surface area contributed by atoms with Crippen molar-refractivity contribution < 1.29 is 9.18 Å². The minimum Gasteiger partial charge on any atom is -0.396 e. The second-order valence-electron chi connectivity index (χ2n) is 5.72. The third kappa shape index (κ3) is 3.48. The lowest BCUT2D eigenvalue weighted by molar-refractivity contribution is 0.0623. The van der Waals surface area contributed by atoms with E-state index in [4.69, 9.17) is 5.73 Å². The first-order chi connectivity index (χ1) is 9.47. The second-order valence-corrected chi connectivity index (χ2v) is 5.72. The molecule has 1 aliphatic rings. The number of halogens is 1. The maximum atomic E-state index is 13.4. The van der Waals surface area contributed by atoms with E-state index in [1.807, 2.05) is 0 Å². The zero-order chi connectivity index (χ0) is 14.7. The van der Waals surface area contributed by atoms with E-state index >= 15 is 0 Å². The van der Waals surface area contributed by atoms with Crippen LogP contribution in [0.25, 0.3) is 0 Å². The number of hydrogen-bond acceptors (Lipinski definition) is 3. The normalized spacial score (nSPS) is 16.7. The predicted molar refractivity (Wildman–Crippen MR) is 78.0 cm³/mol. The highest BCUT2D eigenvalue weighted by Crippen LogP contribution is 2.15. The molecule has 1 amide bonds. The molecule has 110 valence electrons. The fraction of sp³-hybridized carbons (Fsp3) is 0.533. The summed E-state index contributed by atoms with van der Waals surface area (Å²) in [5.74, 6) is -0.0224. The largest absolute Gasteiger partial charge is 0.396 e. The van der Waals surface area contributed by atoms with E-state index in [-0.39, 0.29) is 11.6 Å². The first-order valence-electron chi connectivity index (χ1n) is 7.04. The summed E-state index contributed by atoms with van der Waals surface area (Å²) < 4.78 is 13.4. The maximum absolute atomic E-state index is 13.4. The Hall–Kier alpha value is -1.62. The fourth-order valence-electron chi connectivity index (χ4n) is 2.49. The van der Waals surface area contributed by atoms with E-state index < -0.39 is 5.82 Å². The van der Waals surface area contributed by atoms with Gasteiger partial charge in [0, 0.05) is 38.3 Å². The van der Waals surface area contributed by atoms with Crippen molar-refractivity contribution >= 4 is 11.6 Å². The lowest BCUT2D eigenvalue weighted by Crippen LogP contribution is -2.49. The molecular formula is C15H22FN3O. The van der Waals surface area contributed by atoms with Crippen LogP contribution in [0, 0.1) is 11.7 Å². The van der Waals surface area contributed by atoms with Crippen molar-refractivity contribution in [2.45, 2.75) is 13.8 Å². The smallest absolute Gasteiger partial charge is 0.254 e. The van der Waals surface area contributed by atoms with Crippen LogP contribution in [0.5, 0.6) is 0 Å². The Morgan fingerprint density at radius 1 is 1.30 bits per heavy atom. The number of carbonyl (C=O) groups is 1.